The number of aromatic nitrogens is 1. The van der Waals surface area contributed by atoms with E-state index in [-0.39, 0.29) is 0 Å². The van der Waals surface area contributed by atoms with Gasteiger partial charge < -0.3 is 15.4 Å². The van der Waals surface area contributed by atoms with Crippen LogP contribution >= 0.6 is 0 Å². The monoisotopic (exact) mass is 342 g/mol. The molecular formula is C20H30N4O. The van der Waals surface area contributed by atoms with Crippen LogP contribution in [0.4, 0.5) is 0 Å². The lowest BCUT2D eigenvalue weighted by atomic mass is 9.97. The molecule has 25 heavy (non-hydrogen) atoms. The summed E-state index contributed by atoms with van der Waals surface area (Å²) in [7, 11) is 1.81. The number of aliphatic imine (C=N–C) groups is 1. The molecule has 0 atom stereocenters. The first-order valence-electron chi connectivity index (χ1n) is 9.53. The third-order valence-electron chi connectivity index (χ3n) is 4.77. The number of hydrogen-bond donors (Lipinski definition) is 2. The normalized spacial score (nSPS) is 17.8. The van der Waals surface area contributed by atoms with Crippen molar-refractivity contribution in [2.24, 2.45) is 10.9 Å². The summed E-state index contributed by atoms with van der Waals surface area (Å²) in [5.74, 6) is 2.30. The predicted octanol–water partition coefficient (Wildman–Crippen LogP) is 3.43. The Morgan fingerprint density at radius 2 is 2.24 bits per heavy atom. The maximum Gasteiger partial charge on any atom is 0.213 e. The van der Waals surface area contributed by atoms with Gasteiger partial charge in [-0.3, -0.25) is 4.99 Å². The molecule has 0 bridgehead atoms. The van der Waals surface area contributed by atoms with Gasteiger partial charge in [-0.1, -0.05) is 11.6 Å². The third-order valence-corrected chi connectivity index (χ3v) is 4.77. The van der Waals surface area contributed by atoms with Gasteiger partial charge in [0.25, 0.3) is 0 Å². The summed E-state index contributed by atoms with van der Waals surface area (Å²) in [5.41, 5.74) is 2.74. The Hall–Kier alpha value is -2.04. The number of nitrogens with one attached hydrogen (secondary N) is 2. The highest BCUT2D eigenvalue weighted by Crippen LogP contribution is 2.29. The summed E-state index contributed by atoms with van der Waals surface area (Å²) in [4.78, 5) is 8.59. The van der Waals surface area contributed by atoms with E-state index in [0.717, 1.165) is 42.9 Å². The summed E-state index contributed by atoms with van der Waals surface area (Å²) in [6.45, 7) is 2.44. The fourth-order valence-electron chi connectivity index (χ4n) is 3.01. The Bertz CT molecular complexity index is 607. The molecule has 1 aromatic rings. The maximum atomic E-state index is 5.74. The van der Waals surface area contributed by atoms with Crippen molar-refractivity contribution >= 4 is 5.96 Å². The Balaban J connectivity index is 1.39. The van der Waals surface area contributed by atoms with Crippen LogP contribution in [-0.4, -0.2) is 31.1 Å². The lowest BCUT2D eigenvalue weighted by Gasteiger charge is -2.15. The van der Waals surface area contributed by atoms with Gasteiger partial charge in [-0.2, -0.15) is 0 Å². The summed E-state index contributed by atoms with van der Waals surface area (Å²) < 4.78 is 5.74. The summed E-state index contributed by atoms with van der Waals surface area (Å²) in [6, 6.07) is 4.02. The minimum Gasteiger partial charge on any atom is -0.477 e. The van der Waals surface area contributed by atoms with Gasteiger partial charge in [-0.25, -0.2) is 4.98 Å². The largest absolute Gasteiger partial charge is 0.477 e. The van der Waals surface area contributed by atoms with Crippen molar-refractivity contribution in [1.82, 2.24) is 15.6 Å². The lowest BCUT2D eigenvalue weighted by Crippen LogP contribution is -2.37. The van der Waals surface area contributed by atoms with Crippen LogP contribution in [0.2, 0.25) is 0 Å². The quantitative estimate of drug-likeness (QED) is 0.432. The minimum atomic E-state index is 0.713. The molecule has 2 aliphatic carbocycles. The zero-order chi connectivity index (χ0) is 17.3. The third kappa shape index (κ3) is 6.40. The number of allylic oxidation sites excluding steroid dienone is 1. The van der Waals surface area contributed by atoms with E-state index in [9.17, 15) is 0 Å². The molecular weight excluding hydrogens is 312 g/mol. The molecule has 2 aliphatic rings. The van der Waals surface area contributed by atoms with E-state index in [4.69, 9.17) is 4.74 Å². The number of nitrogens with zero attached hydrogens (tertiary/aromatic N) is 2. The van der Waals surface area contributed by atoms with Crippen LogP contribution in [0.3, 0.4) is 0 Å². The first-order valence-corrected chi connectivity index (χ1v) is 9.53. The van der Waals surface area contributed by atoms with Crippen molar-refractivity contribution in [2.45, 2.75) is 51.5 Å². The Morgan fingerprint density at radius 3 is 3.00 bits per heavy atom. The van der Waals surface area contributed by atoms with Gasteiger partial charge in [0.2, 0.25) is 5.88 Å². The molecule has 0 radical (unpaired) electrons. The van der Waals surface area contributed by atoms with Gasteiger partial charge in [0, 0.05) is 32.4 Å². The summed E-state index contributed by atoms with van der Waals surface area (Å²) in [5, 5.41) is 6.77. The fraction of sp³-hybridized carbons (Fsp3) is 0.600. The van der Waals surface area contributed by atoms with Crippen molar-refractivity contribution in [3.63, 3.8) is 0 Å². The van der Waals surface area contributed by atoms with Crippen LogP contribution < -0.4 is 15.4 Å². The molecule has 0 unspecified atom stereocenters. The first-order chi connectivity index (χ1) is 12.3. The number of guanidine groups is 1. The van der Waals surface area contributed by atoms with Gasteiger partial charge in [0.15, 0.2) is 5.96 Å². The highest BCUT2D eigenvalue weighted by molar-refractivity contribution is 5.79. The van der Waals surface area contributed by atoms with E-state index in [2.05, 4.69) is 26.7 Å². The second-order valence-electron chi connectivity index (χ2n) is 6.97. The van der Waals surface area contributed by atoms with Crippen LogP contribution in [0.15, 0.2) is 35.0 Å². The second kappa shape index (κ2) is 9.44. The average molecular weight is 342 g/mol. The van der Waals surface area contributed by atoms with Crippen molar-refractivity contribution in [3.8, 4) is 5.88 Å². The molecule has 0 spiro atoms. The van der Waals surface area contributed by atoms with Gasteiger partial charge >= 0.3 is 0 Å². The molecule has 1 heterocycles. The number of ether oxygens (including phenoxy) is 1. The van der Waals surface area contributed by atoms with E-state index in [0.29, 0.717) is 6.54 Å². The number of pyridine rings is 1. The molecule has 0 aliphatic heterocycles. The molecule has 5 heteroatoms. The van der Waals surface area contributed by atoms with Crippen molar-refractivity contribution in [3.05, 3.63) is 35.5 Å². The predicted molar refractivity (Wildman–Crippen MR) is 102 cm³/mol. The molecule has 2 N–H and O–H groups in total. The molecule has 0 saturated heterocycles. The van der Waals surface area contributed by atoms with E-state index in [1.807, 2.05) is 25.4 Å². The van der Waals surface area contributed by atoms with E-state index in [1.54, 1.807) is 5.57 Å². The molecule has 3 rings (SSSR count). The van der Waals surface area contributed by atoms with Crippen LogP contribution in [-0.2, 0) is 6.54 Å². The zero-order valence-electron chi connectivity index (χ0n) is 15.3. The first kappa shape index (κ1) is 17.8. The van der Waals surface area contributed by atoms with E-state index < -0.39 is 0 Å². The standard InChI is InChI=1S/C20H30N4O/c1-21-20(23-12-9-16-5-3-2-4-6-16)24-14-18-10-11-22-19(13-18)25-15-17-7-8-17/h5,10-11,13,17H,2-4,6-9,12,14-15H2,1H3,(H2,21,23,24). The SMILES string of the molecule is CN=C(NCCC1=CCCCC1)NCc1ccnc(OCC2CC2)c1. The average Bonchev–Trinajstić information content (AvgIpc) is 3.48. The van der Waals surface area contributed by atoms with Crippen molar-refractivity contribution in [2.75, 3.05) is 20.2 Å². The van der Waals surface area contributed by atoms with E-state index >= 15 is 0 Å². The molecule has 1 saturated carbocycles. The molecule has 0 aromatic carbocycles. The van der Waals surface area contributed by atoms with Crippen LogP contribution in [0.1, 0.15) is 50.5 Å². The topological polar surface area (TPSA) is 58.5 Å². The Labute approximate surface area is 151 Å². The van der Waals surface area contributed by atoms with Gasteiger partial charge in [-0.15, -0.1) is 0 Å². The van der Waals surface area contributed by atoms with E-state index in [1.165, 1.54) is 38.5 Å². The smallest absolute Gasteiger partial charge is 0.213 e. The highest BCUT2D eigenvalue weighted by atomic mass is 16.5. The van der Waals surface area contributed by atoms with Crippen molar-refractivity contribution < 1.29 is 4.74 Å². The lowest BCUT2D eigenvalue weighted by molar-refractivity contribution is 0.288. The summed E-state index contributed by atoms with van der Waals surface area (Å²) in [6.07, 6.45) is 13.1. The second-order valence-corrected chi connectivity index (χ2v) is 6.97. The van der Waals surface area contributed by atoms with Crippen LogP contribution in [0, 0.1) is 5.92 Å². The molecule has 136 valence electrons. The fourth-order valence-corrected chi connectivity index (χ4v) is 3.01. The highest BCUT2D eigenvalue weighted by Gasteiger charge is 2.22. The number of hydrogen-bond acceptors (Lipinski definition) is 3. The number of rotatable bonds is 8. The minimum absolute atomic E-state index is 0.713. The maximum absolute atomic E-state index is 5.74. The Kier molecular flexibility index (Phi) is 6.71. The van der Waals surface area contributed by atoms with Gasteiger partial charge in [0.1, 0.15) is 0 Å². The van der Waals surface area contributed by atoms with Gasteiger partial charge in [0.05, 0.1) is 6.61 Å². The summed E-state index contributed by atoms with van der Waals surface area (Å²) >= 11 is 0. The molecule has 5 nitrogen and oxygen atoms in total. The van der Waals surface area contributed by atoms with Gasteiger partial charge in [-0.05, 0) is 62.5 Å². The van der Waals surface area contributed by atoms with Crippen molar-refractivity contribution in [1.29, 1.82) is 0 Å². The Morgan fingerprint density at radius 1 is 1.32 bits per heavy atom. The zero-order valence-corrected chi connectivity index (χ0v) is 15.3. The molecule has 1 fully saturated rings. The van der Waals surface area contributed by atoms with Crippen LogP contribution in [0.25, 0.3) is 0 Å². The molecule has 1 aromatic heterocycles. The molecule has 0 amide bonds. The van der Waals surface area contributed by atoms with Crippen LogP contribution in [0.5, 0.6) is 5.88 Å².